The maximum Gasteiger partial charge on any atom is 0.338 e. The minimum absolute atomic E-state index is 0.132. The van der Waals surface area contributed by atoms with Crippen LogP contribution < -0.4 is 0 Å². The second kappa shape index (κ2) is 4.89. The molecule has 0 spiro atoms. The number of hydrogen-bond donors (Lipinski definition) is 0. The second-order valence-corrected chi connectivity index (χ2v) is 3.86. The highest BCUT2D eigenvalue weighted by Gasteiger charge is 2.16. The third-order valence-corrected chi connectivity index (χ3v) is 2.67. The number of ether oxygens (including phenoxy) is 1. The fourth-order valence-corrected chi connectivity index (χ4v) is 1.76. The van der Waals surface area contributed by atoms with Crippen LogP contribution in [0.4, 0.5) is 5.69 Å². The molecule has 98 valence electrons. The normalized spacial score (nSPS) is 10.2. The average Bonchev–Trinajstić information content (AvgIpc) is 2.83. The Labute approximate surface area is 108 Å². The molecule has 0 unspecified atom stereocenters. The highest BCUT2D eigenvalue weighted by atomic mass is 16.6. The summed E-state index contributed by atoms with van der Waals surface area (Å²) in [6.45, 7) is 0. The van der Waals surface area contributed by atoms with Crippen molar-refractivity contribution in [3.8, 4) is 11.3 Å². The Morgan fingerprint density at radius 2 is 2.16 bits per heavy atom. The Kier molecular flexibility index (Phi) is 3.28. The summed E-state index contributed by atoms with van der Waals surface area (Å²) in [6, 6.07) is 5.82. The van der Waals surface area contributed by atoms with E-state index in [1.165, 1.54) is 25.3 Å². The topological polar surface area (TPSA) is 87.3 Å². The van der Waals surface area contributed by atoms with Crippen molar-refractivity contribution in [1.82, 2.24) is 9.78 Å². The van der Waals surface area contributed by atoms with Gasteiger partial charge in [0.05, 0.1) is 23.3 Å². The van der Waals surface area contributed by atoms with Gasteiger partial charge in [0.25, 0.3) is 5.69 Å². The summed E-state index contributed by atoms with van der Waals surface area (Å²) in [5.74, 6) is -0.618. The number of aryl methyl sites for hydroxylation is 1. The number of hydrogen-bond acceptors (Lipinski definition) is 5. The molecule has 0 radical (unpaired) electrons. The predicted octanol–water partition coefficient (Wildman–Crippen LogP) is 1.78. The summed E-state index contributed by atoms with van der Waals surface area (Å²) < 4.78 is 6.16. The Bertz CT molecular complexity index is 648. The number of esters is 1. The van der Waals surface area contributed by atoms with Crippen LogP contribution in [0.2, 0.25) is 0 Å². The van der Waals surface area contributed by atoms with Gasteiger partial charge in [-0.3, -0.25) is 14.8 Å². The lowest BCUT2D eigenvalue weighted by atomic mass is 10.1. The molecule has 7 heteroatoms. The van der Waals surface area contributed by atoms with Crippen LogP contribution in [-0.2, 0) is 11.8 Å². The first-order chi connectivity index (χ1) is 9.02. The number of nitro groups is 1. The van der Waals surface area contributed by atoms with Gasteiger partial charge in [0, 0.05) is 30.9 Å². The minimum atomic E-state index is -0.618. The first kappa shape index (κ1) is 12.7. The number of carbonyl (C=O) groups is 1. The van der Waals surface area contributed by atoms with E-state index < -0.39 is 10.9 Å². The van der Waals surface area contributed by atoms with E-state index in [0.29, 0.717) is 11.3 Å². The summed E-state index contributed by atoms with van der Waals surface area (Å²) in [5, 5.41) is 14.9. The molecule has 1 heterocycles. The van der Waals surface area contributed by atoms with E-state index >= 15 is 0 Å². The smallest absolute Gasteiger partial charge is 0.338 e. The van der Waals surface area contributed by atoms with E-state index in [1.54, 1.807) is 24.0 Å². The highest BCUT2D eigenvalue weighted by Crippen LogP contribution is 2.25. The van der Waals surface area contributed by atoms with Crippen molar-refractivity contribution in [2.24, 2.45) is 7.05 Å². The van der Waals surface area contributed by atoms with Crippen LogP contribution in [0.3, 0.4) is 0 Å². The fourth-order valence-electron chi connectivity index (χ4n) is 1.76. The van der Waals surface area contributed by atoms with Gasteiger partial charge in [0.2, 0.25) is 0 Å². The van der Waals surface area contributed by atoms with Crippen molar-refractivity contribution in [2.45, 2.75) is 0 Å². The molecule has 0 aliphatic rings. The quantitative estimate of drug-likeness (QED) is 0.477. The van der Waals surface area contributed by atoms with Gasteiger partial charge in [-0.05, 0) is 12.1 Å². The van der Waals surface area contributed by atoms with Crippen LogP contribution in [0.25, 0.3) is 11.3 Å². The molecule has 0 bridgehead atoms. The zero-order chi connectivity index (χ0) is 14.0. The maximum atomic E-state index is 11.5. The SMILES string of the molecule is COC(=O)c1cc(-c2ccnn2C)cc([N+](=O)[O-])c1. The molecule has 0 atom stereocenters. The van der Waals surface area contributed by atoms with Crippen LogP contribution in [0.15, 0.2) is 30.5 Å². The van der Waals surface area contributed by atoms with Crippen molar-refractivity contribution >= 4 is 11.7 Å². The van der Waals surface area contributed by atoms with Crippen LogP contribution in [0.1, 0.15) is 10.4 Å². The number of nitrogens with zero attached hydrogens (tertiary/aromatic N) is 3. The molecule has 0 aliphatic carbocycles. The third kappa shape index (κ3) is 2.44. The number of non-ortho nitro benzene ring substituents is 1. The van der Waals surface area contributed by atoms with Crippen molar-refractivity contribution in [3.63, 3.8) is 0 Å². The summed E-state index contributed by atoms with van der Waals surface area (Å²) in [4.78, 5) is 21.9. The highest BCUT2D eigenvalue weighted by molar-refractivity contribution is 5.91. The molecule has 0 amide bonds. The number of methoxy groups -OCH3 is 1. The lowest BCUT2D eigenvalue weighted by molar-refractivity contribution is -0.384. The van der Waals surface area contributed by atoms with Gasteiger partial charge in [-0.25, -0.2) is 4.79 Å². The lowest BCUT2D eigenvalue weighted by Crippen LogP contribution is -2.03. The van der Waals surface area contributed by atoms with Gasteiger partial charge < -0.3 is 4.74 Å². The molecule has 0 N–H and O–H groups in total. The van der Waals surface area contributed by atoms with Crippen LogP contribution in [0, 0.1) is 10.1 Å². The van der Waals surface area contributed by atoms with Crippen LogP contribution in [-0.4, -0.2) is 27.8 Å². The van der Waals surface area contributed by atoms with Gasteiger partial charge in [-0.2, -0.15) is 5.10 Å². The Hall–Kier alpha value is -2.70. The van der Waals surface area contributed by atoms with Crippen molar-refractivity contribution < 1.29 is 14.5 Å². The van der Waals surface area contributed by atoms with Crippen LogP contribution >= 0.6 is 0 Å². The molecule has 0 saturated heterocycles. The molecule has 1 aromatic heterocycles. The van der Waals surface area contributed by atoms with Crippen LogP contribution in [0.5, 0.6) is 0 Å². The summed E-state index contributed by atoms with van der Waals surface area (Å²) in [5.41, 5.74) is 1.18. The predicted molar refractivity (Wildman–Crippen MR) is 66.6 cm³/mol. The van der Waals surface area contributed by atoms with Gasteiger partial charge >= 0.3 is 5.97 Å². The average molecular weight is 261 g/mol. The molecule has 2 rings (SSSR count). The third-order valence-electron chi connectivity index (χ3n) is 2.67. The Balaban J connectivity index is 2.61. The zero-order valence-electron chi connectivity index (χ0n) is 10.4. The molecule has 0 aliphatic heterocycles. The number of rotatable bonds is 3. The molecule has 0 saturated carbocycles. The molecule has 0 fully saturated rings. The second-order valence-electron chi connectivity index (χ2n) is 3.86. The summed E-state index contributed by atoms with van der Waals surface area (Å²) >= 11 is 0. The Morgan fingerprint density at radius 3 is 2.68 bits per heavy atom. The van der Waals surface area contributed by atoms with E-state index in [1.807, 2.05) is 0 Å². The van der Waals surface area contributed by atoms with Gasteiger partial charge in [0.1, 0.15) is 0 Å². The monoisotopic (exact) mass is 261 g/mol. The summed E-state index contributed by atoms with van der Waals surface area (Å²) in [6.07, 6.45) is 1.58. The van der Waals surface area contributed by atoms with E-state index in [0.717, 1.165) is 0 Å². The van der Waals surface area contributed by atoms with Gasteiger partial charge in [-0.15, -0.1) is 0 Å². The molecule has 19 heavy (non-hydrogen) atoms. The molecular weight excluding hydrogens is 250 g/mol. The zero-order valence-corrected chi connectivity index (χ0v) is 10.4. The van der Waals surface area contributed by atoms with Crippen molar-refractivity contribution in [1.29, 1.82) is 0 Å². The minimum Gasteiger partial charge on any atom is -0.465 e. The Morgan fingerprint density at radius 1 is 1.42 bits per heavy atom. The molecule has 2 aromatic rings. The van der Waals surface area contributed by atoms with Crippen molar-refractivity contribution in [3.05, 3.63) is 46.1 Å². The van der Waals surface area contributed by atoms with E-state index in [4.69, 9.17) is 0 Å². The van der Waals surface area contributed by atoms with Gasteiger partial charge in [-0.1, -0.05) is 0 Å². The first-order valence-corrected chi connectivity index (χ1v) is 5.39. The van der Waals surface area contributed by atoms with Crippen molar-refractivity contribution in [2.75, 3.05) is 7.11 Å². The largest absolute Gasteiger partial charge is 0.465 e. The molecular formula is C12H11N3O4. The molecule has 1 aromatic carbocycles. The van der Waals surface area contributed by atoms with E-state index in [9.17, 15) is 14.9 Å². The lowest BCUT2D eigenvalue weighted by Gasteiger charge is -2.05. The number of aromatic nitrogens is 2. The number of nitro benzene ring substituents is 1. The van der Waals surface area contributed by atoms with E-state index in [-0.39, 0.29) is 11.3 Å². The number of benzene rings is 1. The number of carbonyl (C=O) groups excluding carboxylic acids is 1. The summed E-state index contributed by atoms with van der Waals surface area (Å²) in [7, 11) is 2.94. The fraction of sp³-hybridized carbons (Fsp3) is 0.167. The first-order valence-electron chi connectivity index (χ1n) is 5.39. The van der Waals surface area contributed by atoms with Gasteiger partial charge in [0.15, 0.2) is 0 Å². The molecule has 7 nitrogen and oxygen atoms in total. The standard InChI is InChI=1S/C12H11N3O4/c1-14-11(3-4-13-14)8-5-9(12(16)19-2)7-10(6-8)15(17)18/h3-7H,1-2H3. The van der Waals surface area contributed by atoms with E-state index in [2.05, 4.69) is 9.84 Å². The maximum absolute atomic E-state index is 11.5.